The zero-order chi connectivity index (χ0) is 22.2. The number of anilines is 2. The highest BCUT2D eigenvalue weighted by Gasteiger charge is 2.29. The quantitative estimate of drug-likeness (QED) is 0.647. The van der Waals surface area contributed by atoms with Crippen molar-refractivity contribution in [2.45, 2.75) is 25.8 Å². The molecular weight excluding hydrogens is 398 g/mol. The van der Waals surface area contributed by atoms with Crippen molar-refractivity contribution in [1.29, 1.82) is 0 Å². The molecule has 0 spiro atoms. The Kier molecular flexibility index (Phi) is 7.77. The van der Waals surface area contributed by atoms with Crippen molar-refractivity contribution in [1.82, 2.24) is 14.9 Å². The predicted octanol–water partition coefficient (Wildman–Crippen LogP) is 2.84. The van der Waals surface area contributed by atoms with Crippen molar-refractivity contribution in [3.05, 3.63) is 42.1 Å². The Morgan fingerprint density at radius 1 is 1.23 bits per heavy atom. The minimum atomic E-state index is -0.200. The second-order valence-corrected chi connectivity index (χ2v) is 7.37. The molecule has 2 aromatic rings. The lowest BCUT2D eigenvalue weighted by atomic mass is 10.0. The zero-order valence-corrected chi connectivity index (χ0v) is 18.2. The number of nitrogens with one attached hydrogen (secondary N) is 1. The zero-order valence-electron chi connectivity index (χ0n) is 18.2. The Bertz CT molecular complexity index is 899. The summed E-state index contributed by atoms with van der Waals surface area (Å²) in [4.78, 5) is 37.3. The number of carbonyl (C=O) groups is 2. The summed E-state index contributed by atoms with van der Waals surface area (Å²) in [5.41, 5.74) is 1.16. The van der Waals surface area contributed by atoms with E-state index in [1.165, 1.54) is 6.92 Å². The van der Waals surface area contributed by atoms with Gasteiger partial charge in [0, 0.05) is 56.3 Å². The Morgan fingerprint density at radius 3 is 2.68 bits per heavy atom. The fraction of sp³-hybridized carbons (Fsp3) is 0.455. The van der Waals surface area contributed by atoms with Crippen LogP contribution in [0.5, 0.6) is 5.88 Å². The maximum atomic E-state index is 13.1. The molecule has 0 radical (unpaired) electrons. The third-order valence-corrected chi connectivity index (χ3v) is 5.33. The number of hydrogen-bond acceptors (Lipinski definition) is 7. The van der Waals surface area contributed by atoms with Gasteiger partial charge in [0.25, 0.3) is 0 Å². The van der Waals surface area contributed by atoms with E-state index < -0.39 is 0 Å². The third kappa shape index (κ3) is 5.91. The molecule has 0 saturated carbocycles. The van der Waals surface area contributed by atoms with Crippen LogP contribution >= 0.6 is 0 Å². The summed E-state index contributed by atoms with van der Waals surface area (Å²) >= 11 is 0. The molecule has 1 N–H and O–H groups in total. The van der Waals surface area contributed by atoms with Gasteiger partial charge in [-0.25, -0.2) is 9.78 Å². The standard InChI is InChI=1S/C22H29N5O4/c1-16(28)17-5-4-6-18(15-17)24-22(29)27(13-14-30-2)19-8-11-26(12-9-19)21-23-10-7-20(25-21)31-3/h4-7,10,15,19H,8-9,11-14H2,1-3H3,(H,24,29). The normalized spacial score (nSPS) is 14.2. The number of urea groups is 1. The molecule has 0 atom stereocenters. The van der Waals surface area contributed by atoms with Crippen LogP contribution in [0.15, 0.2) is 36.5 Å². The molecule has 1 aromatic heterocycles. The van der Waals surface area contributed by atoms with E-state index in [0.29, 0.717) is 36.2 Å². The van der Waals surface area contributed by atoms with Gasteiger partial charge in [-0.05, 0) is 31.9 Å². The van der Waals surface area contributed by atoms with Crippen LogP contribution in [-0.4, -0.2) is 73.2 Å². The second kappa shape index (κ2) is 10.7. The van der Waals surface area contributed by atoms with Crippen LogP contribution in [0, 0.1) is 0 Å². The summed E-state index contributed by atoms with van der Waals surface area (Å²) in [6.45, 7) is 3.89. The summed E-state index contributed by atoms with van der Waals surface area (Å²) in [6.07, 6.45) is 3.25. The summed E-state index contributed by atoms with van der Waals surface area (Å²) < 4.78 is 10.4. The molecule has 0 aliphatic carbocycles. The number of ketones is 1. The van der Waals surface area contributed by atoms with Crippen molar-refractivity contribution < 1.29 is 19.1 Å². The molecule has 1 saturated heterocycles. The number of rotatable bonds is 8. The van der Waals surface area contributed by atoms with Crippen molar-refractivity contribution in [2.24, 2.45) is 0 Å². The molecule has 1 fully saturated rings. The lowest BCUT2D eigenvalue weighted by molar-refractivity contribution is 0.101. The molecule has 2 heterocycles. The van der Waals surface area contributed by atoms with Crippen molar-refractivity contribution in [3.63, 3.8) is 0 Å². The summed E-state index contributed by atoms with van der Waals surface area (Å²) in [5, 5.41) is 2.93. The highest BCUT2D eigenvalue weighted by Crippen LogP contribution is 2.22. The molecule has 166 valence electrons. The minimum Gasteiger partial charge on any atom is -0.481 e. The van der Waals surface area contributed by atoms with Crippen LogP contribution in [0.1, 0.15) is 30.1 Å². The average Bonchev–Trinajstić information content (AvgIpc) is 2.80. The Hall–Kier alpha value is -3.20. The first-order chi connectivity index (χ1) is 15.0. The van der Waals surface area contributed by atoms with Gasteiger partial charge in [0.2, 0.25) is 11.8 Å². The van der Waals surface area contributed by atoms with E-state index in [9.17, 15) is 9.59 Å². The first-order valence-corrected chi connectivity index (χ1v) is 10.3. The van der Waals surface area contributed by atoms with Gasteiger partial charge in [0.05, 0.1) is 13.7 Å². The highest BCUT2D eigenvalue weighted by molar-refractivity contribution is 5.96. The molecule has 2 amide bonds. The third-order valence-electron chi connectivity index (χ3n) is 5.33. The van der Waals surface area contributed by atoms with E-state index in [4.69, 9.17) is 9.47 Å². The molecule has 9 heteroatoms. The van der Waals surface area contributed by atoms with Crippen LogP contribution in [0.2, 0.25) is 0 Å². The smallest absolute Gasteiger partial charge is 0.322 e. The molecule has 9 nitrogen and oxygen atoms in total. The van der Waals surface area contributed by atoms with Gasteiger partial charge in [-0.15, -0.1) is 0 Å². The molecule has 0 bridgehead atoms. The Labute approximate surface area is 182 Å². The number of carbonyl (C=O) groups excluding carboxylic acids is 2. The number of nitrogens with zero attached hydrogens (tertiary/aromatic N) is 4. The van der Waals surface area contributed by atoms with Gasteiger partial charge in [-0.1, -0.05) is 12.1 Å². The van der Waals surface area contributed by atoms with E-state index >= 15 is 0 Å². The maximum absolute atomic E-state index is 13.1. The van der Waals surface area contributed by atoms with Gasteiger partial charge in [0.1, 0.15) is 0 Å². The van der Waals surface area contributed by atoms with E-state index in [1.807, 2.05) is 4.90 Å². The number of aromatic nitrogens is 2. The number of amides is 2. The van der Waals surface area contributed by atoms with Gasteiger partial charge in [-0.2, -0.15) is 4.98 Å². The van der Waals surface area contributed by atoms with E-state index in [0.717, 1.165) is 25.9 Å². The molecule has 1 aromatic carbocycles. The van der Waals surface area contributed by atoms with Crippen molar-refractivity contribution in [3.8, 4) is 5.88 Å². The number of hydrogen-bond donors (Lipinski definition) is 1. The molecular formula is C22H29N5O4. The van der Waals surface area contributed by atoms with E-state index in [-0.39, 0.29) is 17.9 Å². The first-order valence-electron chi connectivity index (χ1n) is 10.3. The van der Waals surface area contributed by atoms with Crippen LogP contribution < -0.4 is 15.0 Å². The second-order valence-electron chi connectivity index (χ2n) is 7.37. The molecule has 3 rings (SSSR count). The molecule has 31 heavy (non-hydrogen) atoms. The van der Waals surface area contributed by atoms with Crippen LogP contribution in [0.25, 0.3) is 0 Å². The van der Waals surface area contributed by atoms with Gasteiger partial charge < -0.3 is 24.6 Å². The number of methoxy groups -OCH3 is 2. The lowest BCUT2D eigenvalue weighted by Crippen LogP contribution is -2.50. The fourth-order valence-electron chi connectivity index (χ4n) is 3.63. The van der Waals surface area contributed by atoms with Gasteiger partial charge >= 0.3 is 6.03 Å². The first kappa shape index (κ1) is 22.5. The van der Waals surface area contributed by atoms with Crippen molar-refractivity contribution in [2.75, 3.05) is 50.7 Å². The van der Waals surface area contributed by atoms with Crippen LogP contribution in [-0.2, 0) is 4.74 Å². The fourth-order valence-corrected chi connectivity index (χ4v) is 3.63. The topological polar surface area (TPSA) is 96.9 Å². The monoisotopic (exact) mass is 427 g/mol. The van der Waals surface area contributed by atoms with Gasteiger partial charge in [-0.3, -0.25) is 4.79 Å². The Balaban J connectivity index is 1.66. The number of benzene rings is 1. The number of ether oxygens (including phenoxy) is 2. The molecule has 1 aliphatic rings. The number of piperidine rings is 1. The summed E-state index contributed by atoms with van der Waals surface area (Å²) in [7, 11) is 3.20. The Morgan fingerprint density at radius 2 is 2.00 bits per heavy atom. The van der Waals surface area contributed by atoms with Crippen molar-refractivity contribution >= 4 is 23.5 Å². The lowest BCUT2D eigenvalue weighted by Gasteiger charge is -2.38. The molecule has 0 unspecified atom stereocenters. The van der Waals surface area contributed by atoms with Gasteiger partial charge in [0.15, 0.2) is 5.78 Å². The predicted molar refractivity (Wildman–Crippen MR) is 118 cm³/mol. The van der Waals surface area contributed by atoms with E-state index in [1.54, 1.807) is 50.7 Å². The largest absolute Gasteiger partial charge is 0.481 e. The number of Topliss-reactive ketones (excluding diaryl/α,β-unsaturated/α-hetero) is 1. The van der Waals surface area contributed by atoms with E-state index in [2.05, 4.69) is 20.2 Å². The summed E-state index contributed by atoms with van der Waals surface area (Å²) in [6, 6.07) is 8.55. The van der Waals surface area contributed by atoms with Crippen LogP contribution in [0.3, 0.4) is 0 Å². The average molecular weight is 428 g/mol. The SMILES string of the molecule is COCCN(C(=O)Nc1cccc(C(C)=O)c1)C1CCN(c2nccc(OC)n2)CC1. The maximum Gasteiger partial charge on any atom is 0.322 e. The minimum absolute atomic E-state index is 0.0422. The highest BCUT2D eigenvalue weighted by atomic mass is 16.5. The van der Waals surface area contributed by atoms with Crippen LogP contribution in [0.4, 0.5) is 16.4 Å². The summed E-state index contributed by atoms with van der Waals surface area (Å²) in [5.74, 6) is 1.12. The molecule has 1 aliphatic heterocycles.